The zero-order valence-corrected chi connectivity index (χ0v) is 16.4. The first-order valence-corrected chi connectivity index (χ1v) is 10.4. The highest BCUT2D eigenvalue weighted by atomic mass is 32.2. The summed E-state index contributed by atoms with van der Waals surface area (Å²) >= 11 is 3.14. The highest BCUT2D eigenvalue weighted by molar-refractivity contribution is 7.99. The zero-order chi connectivity index (χ0) is 18.9. The van der Waals surface area contributed by atoms with E-state index in [1.807, 2.05) is 60.8 Å². The fraction of sp³-hybridized carbons (Fsp3) is 0.100. The van der Waals surface area contributed by atoms with Gasteiger partial charge in [-0.3, -0.25) is 0 Å². The van der Waals surface area contributed by atoms with Gasteiger partial charge in [-0.15, -0.1) is 21.5 Å². The summed E-state index contributed by atoms with van der Waals surface area (Å²) in [6.45, 7) is 2.03. The molecule has 28 heavy (non-hydrogen) atoms. The number of benzene rings is 1. The maximum atomic E-state index is 5.88. The van der Waals surface area contributed by atoms with Crippen molar-refractivity contribution in [2.75, 3.05) is 0 Å². The lowest BCUT2D eigenvalue weighted by atomic mass is 10.2. The van der Waals surface area contributed by atoms with Gasteiger partial charge in [0, 0.05) is 5.39 Å². The second-order valence-electron chi connectivity index (χ2n) is 6.03. The third-order valence-corrected chi connectivity index (χ3v) is 6.07. The molecule has 0 saturated heterocycles. The van der Waals surface area contributed by atoms with Crippen LogP contribution in [0.3, 0.4) is 0 Å². The van der Waals surface area contributed by atoms with Gasteiger partial charge in [-0.1, -0.05) is 36.0 Å². The number of hydrogen-bond acceptors (Lipinski definition) is 8. The molecule has 5 aromatic rings. The second kappa shape index (κ2) is 7.21. The highest BCUT2D eigenvalue weighted by Gasteiger charge is 2.20. The summed E-state index contributed by atoms with van der Waals surface area (Å²) in [5.74, 6) is 2.30. The van der Waals surface area contributed by atoms with E-state index >= 15 is 0 Å². The maximum absolute atomic E-state index is 5.88. The summed E-state index contributed by atoms with van der Waals surface area (Å²) in [6.07, 6.45) is 1.62. The Kier molecular flexibility index (Phi) is 4.42. The van der Waals surface area contributed by atoms with Crippen molar-refractivity contribution in [2.45, 2.75) is 17.2 Å². The minimum absolute atomic E-state index is 0.0658. The molecule has 0 aliphatic carbocycles. The number of hydrogen-bond donors (Lipinski definition) is 0. The van der Waals surface area contributed by atoms with E-state index in [-0.39, 0.29) is 5.25 Å². The van der Waals surface area contributed by atoms with E-state index in [1.165, 1.54) is 0 Å². The zero-order valence-electron chi connectivity index (χ0n) is 14.8. The molecule has 0 aliphatic rings. The first-order valence-electron chi connectivity index (χ1n) is 8.62. The van der Waals surface area contributed by atoms with E-state index in [0.717, 1.165) is 20.8 Å². The van der Waals surface area contributed by atoms with E-state index in [0.29, 0.717) is 23.4 Å². The Morgan fingerprint density at radius 2 is 1.93 bits per heavy atom. The molecule has 0 N–H and O–H groups in total. The summed E-state index contributed by atoms with van der Waals surface area (Å²) in [5.41, 5.74) is 0.864. The number of para-hydroxylation sites is 1. The quantitative estimate of drug-likeness (QED) is 0.267. The number of rotatable bonds is 5. The molecule has 1 unspecified atom stereocenters. The smallest absolute Gasteiger partial charge is 0.257 e. The average Bonchev–Trinajstić information content (AvgIpc) is 3.50. The highest BCUT2D eigenvalue weighted by Crippen LogP contribution is 2.38. The Morgan fingerprint density at radius 1 is 1.00 bits per heavy atom. The third kappa shape index (κ3) is 3.21. The van der Waals surface area contributed by atoms with Crippen LogP contribution in [0.5, 0.6) is 0 Å². The van der Waals surface area contributed by atoms with Gasteiger partial charge in [-0.2, -0.15) is 0 Å². The monoisotopic (exact) mass is 406 g/mol. The minimum atomic E-state index is -0.0658. The van der Waals surface area contributed by atoms with Crippen molar-refractivity contribution in [3.63, 3.8) is 0 Å². The fourth-order valence-electron chi connectivity index (χ4n) is 2.77. The molecule has 0 aliphatic heterocycles. The molecule has 0 saturated carbocycles. The SMILES string of the molecule is CC(Sc1nc(-c2ccco2)nc2ccccc12)c1nnc(-c2cccs2)o1. The van der Waals surface area contributed by atoms with Crippen LogP contribution in [0.25, 0.3) is 33.3 Å². The van der Waals surface area contributed by atoms with Gasteiger partial charge >= 0.3 is 0 Å². The Hall–Kier alpha value is -2.97. The van der Waals surface area contributed by atoms with E-state index in [2.05, 4.69) is 15.2 Å². The van der Waals surface area contributed by atoms with Crippen LogP contribution in [-0.4, -0.2) is 20.2 Å². The van der Waals surface area contributed by atoms with Crippen molar-refractivity contribution in [1.29, 1.82) is 0 Å². The Bertz CT molecular complexity index is 1220. The first kappa shape index (κ1) is 17.2. The Labute approximate surface area is 168 Å². The molecule has 6 nitrogen and oxygen atoms in total. The van der Waals surface area contributed by atoms with Crippen molar-refractivity contribution in [3.8, 4) is 22.4 Å². The molecule has 0 fully saturated rings. The van der Waals surface area contributed by atoms with Crippen molar-refractivity contribution in [3.05, 3.63) is 66.1 Å². The van der Waals surface area contributed by atoms with Crippen molar-refractivity contribution in [2.24, 2.45) is 0 Å². The van der Waals surface area contributed by atoms with Crippen LogP contribution in [0.15, 0.2) is 74.0 Å². The van der Waals surface area contributed by atoms with E-state index in [1.54, 1.807) is 29.4 Å². The number of nitrogens with zero attached hydrogens (tertiary/aromatic N) is 4. The maximum Gasteiger partial charge on any atom is 0.257 e. The summed E-state index contributed by atoms with van der Waals surface area (Å²) in [4.78, 5) is 10.3. The van der Waals surface area contributed by atoms with Crippen LogP contribution in [0.2, 0.25) is 0 Å². The average molecular weight is 406 g/mol. The Balaban J connectivity index is 1.50. The number of thioether (sulfide) groups is 1. The van der Waals surface area contributed by atoms with Gasteiger partial charge in [0.1, 0.15) is 5.03 Å². The van der Waals surface area contributed by atoms with Crippen LogP contribution in [0.1, 0.15) is 18.1 Å². The minimum Gasteiger partial charge on any atom is -0.461 e. The van der Waals surface area contributed by atoms with Crippen LogP contribution < -0.4 is 0 Å². The molecule has 0 amide bonds. The molecule has 0 spiro atoms. The number of fused-ring (bicyclic) bond motifs is 1. The van der Waals surface area contributed by atoms with Crippen LogP contribution in [0.4, 0.5) is 0 Å². The number of thiophene rings is 1. The molecule has 8 heteroatoms. The fourth-order valence-corrected chi connectivity index (χ4v) is 4.38. The molecule has 4 heterocycles. The lowest BCUT2D eigenvalue weighted by Crippen LogP contribution is -1.96. The molecular weight excluding hydrogens is 392 g/mol. The molecule has 1 aromatic carbocycles. The van der Waals surface area contributed by atoms with Gasteiger partial charge < -0.3 is 8.83 Å². The van der Waals surface area contributed by atoms with Gasteiger partial charge in [-0.25, -0.2) is 9.97 Å². The molecule has 5 rings (SSSR count). The van der Waals surface area contributed by atoms with Gasteiger partial charge in [0.2, 0.25) is 5.89 Å². The van der Waals surface area contributed by atoms with Crippen LogP contribution in [0, 0.1) is 0 Å². The topological polar surface area (TPSA) is 77.8 Å². The summed E-state index contributed by atoms with van der Waals surface area (Å²) in [6, 6.07) is 15.5. The molecule has 1 atom stereocenters. The van der Waals surface area contributed by atoms with E-state index in [9.17, 15) is 0 Å². The number of furan rings is 1. The summed E-state index contributed by atoms with van der Waals surface area (Å²) < 4.78 is 11.4. The molecule has 0 radical (unpaired) electrons. The largest absolute Gasteiger partial charge is 0.461 e. The van der Waals surface area contributed by atoms with Gasteiger partial charge in [0.15, 0.2) is 11.6 Å². The lowest BCUT2D eigenvalue weighted by molar-refractivity contribution is 0.510. The second-order valence-corrected chi connectivity index (χ2v) is 8.31. The first-order chi connectivity index (χ1) is 13.8. The predicted molar refractivity (Wildman–Crippen MR) is 109 cm³/mol. The molecule has 4 aromatic heterocycles. The van der Waals surface area contributed by atoms with Crippen molar-refractivity contribution in [1.82, 2.24) is 20.2 Å². The summed E-state index contributed by atoms with van der Waals surface area (Å²) in [5, 5.41) is 12.2. The van der Waals surface area contributed by atoms with Gasteiger partial charge in [-0.05, 0) is 36.6 Å². The predicted octanol–water partition coefficient (Wildman–Crippen LogP) is 5.85. The van der Waals surface area contributed by atoms with E-state index in [4.69, 9.17) is 13.8 Å². The molecule has 0 bridgehead atoms. The summed E-state index contributed by atoms with van der Waals surface area (Å²) in [7, 11) is 0. The van der Waals surface area contributed by atoms with Gasteiger partial charge in [0.05, 0.1) is 21.9 Å². The normalized spacial score (nSPS) is 12.5. The van der Waals surface area contributed by atoms with Crippen LogP contribution in [-0.2, 0) is 0 Å². The lowest BCUT2D eigenvalue weighted by Gasteiger charge is -2.10. The van der Waals surface area contributed by atoms with Crippen LogP contribution >= 0.6 is 23.1 Å². The van der Waals surface area contributed by atoms with E-state index < -0.39 is 0 Å². The van der Waals surface area contributed by atoms with Crippen molar-refractivity contribution < 1.29 is 8.83 Å². The van der Waals surface area contributed by atoms with Gasteiger partial charge in [0.25, 0.3) is 5.89 Å². The standard InChI is InChI=1S/C20H14N4O2S2/c1-12(18-23-24-19(26-18)16-9-5-11-27-16)28-20-13-6-2-3-7-14(13)21-17(22-20)15-8-4-10-25-15/h2-12H,1H3. The molecular formula is C20H14N4O2S2. The Morgan fingerprint density at radius 3 is 2.75 bits per heavy atom. The number of aromatic nitrogens is 4. The molecule has 138 valence electrons. The van der Waals surface area contributed by atoms with Crippen molar-refractivity contribution >= 4 is 34.0 Å². The third-order valence-electron chi connectivity index (χ3n) is 4.12.